The van der Waals surface area contributed by atoms with E-state index in [4.69, 9.17) is 5.73 Å². The minimum absolute atomic E-state index is 0.274. The molecule has 0 bridgehead atoms. The van der Waals surface area contributed by atoms with Gasteiger partial charge >= 0.3 is 7.12 Å². The van der Waals surface area contributed by atoms with Crippen LogP contribution in [0.5, 0.6) is 0 Å². The maximum atomic E-state index is 11.6. The molecule has 0 saturated heterocycles. The third-order valence-electron chi connectivity index (χ3n) is 4.50. The number of hydrogen-bond donors (Lipinski definition) is 4. The normalized spacial score (nSPS) is 10.9. The van der Waals surface area contributed by atoms with Crippen LogP contribution in [0.2, 0.25) is 0 Å². The summed E-state index contributed by atoms with van der Waals surface area (Å²) in [6.45, 7) is 2.24. The van der Waals surface area contributed by atoms with Crippen molar-refractivity contribution in [1.29, 1.82) is 0 Å². The van der Waals surface area contributed by atoms with E-state index in [2.05, 4.69) is 25.6 Å². The van der Waals surface area contributed by atoms with E-state index in [1.165, 1.54) is 4.68 Å². The fraction of sp³-hybridized carbons (Fsp3) is 0.105. The predicted molar refractivity (Wildman–Crippen MR) is 111 cm³/mol. The fourth-order valence-electron chi connectivity index (χ4n) is 3.09. The molecule has 5 N–H and O–H groups in total. The maximum absolute atomic E-state index is 11.6. The highest BCUT2D eigenvalue weighted by Gasteiger charge is 2.16. The number of anilines is 1. The predicted octanol–water partition coefficient (Wildman–Crippen LogP) is -0.0903. The topological polar surface area (TPSA) is 152 Å². The molecule has 0 aliphatic rings. The van der Waals surface area contributed by atoms with Gasteiger partial charge in [-0.1, -0.05) is 35.5 Å². The molecule has 0 spiro atoms. The molecule has 0 atom stereocenters. The van der Waals surface area contributed by atoms with Crippen molar-refractivity contribution < 1.29 is 14.8 Å². The molecule has 0 aliphatic heterocycles. The number of rotatable bonds is 6. The number of nitrogens with two attached hydrogens (primary N) is 1. The maximum Gasteiger partial charge on any atom is 0.488 e. The summed E-state index contributed by atoms with van der Waals surface area (Å²) in [5, 5.41) is 30.0. The molecule has 11 heteroatoms. The molecule has 2 aromatic carbocycles. The van der Waals surface area contributed by atoms with Gasteiger partial charge < -0.3 is 21.1 Å². The monoisotopic (exact) mass is 403 g/mol. The van der Waals surface area contributed by atoms with E-state index in [0.29, 0.717) is 40.5 Å². The van der Waals surface area contributed by atoms with Crippen molar-refractivity contribution in [3.63, 3.8) is 0 Å². The second-order valence-corrected chi connectivity index (χ2v) is 6.71. The van der Waals surface area contributed by atoms with Gasteiger partial charge in [0.25, 0.3) is 11.9 Å². The van der Waals surface area contributed by atoms with Crippen molar-refractivity contribution in [2.24, 2.45) is 5.73 Å². The van der Waals surface area contributed by atoms with Crippen molar-refractivity contribution in [3.8, 4) is 5.95 Å². The minimum Gasteiger partial charge on any atom is -0.423 e. The van der Waals surface area contributed by atoms with Crippen LogP contribution in [0.1, 0.15) is 21.6 Å². The number of hydrogen-bond acceptors (Lipinski definition) is 8. The van der Waals surface area contributed by atoms with E-state index in [9.17, 15) is 14.8 Å². The summed E-state index contributed by atoms with van der Waals surface area (Å²) in [6, 6.07) is 13.8. The smallest absolute Gasteiger partial charge is 0.423 e. The summed E-state index contributed by atoms with van der Waals surface area (Å²) < 4.78 is 1.45. The van der Waals surface area contributed by atoms with Gasteiger partial charge in [0.05, 0.1) is 11.1 Å². The number of nitrogens with one attached hydrogen (secondary N) is 1. The highest BCUT2D eigenvalue weighted by atomic mass is 16.4. The molecule has 150 valence electrons. The van der Waals surface area contributed by atoms with Crippen LogP contribution in [0, 0.1) is 6.92 Å². The van der Waals surface area contributed by atoms with Gasteiger partial charge in [-0.3, -0.25) is 4.79 Å². The Hall–Kier alpha value is -3.83. The number of carbonyl (C=O) groups is 1. The van der Waals surface area contributed by atoms with Crippen LogP contribution >= 0.6 is 0 Å². The quantitative estimate of drug-likeness (QED) is 0.326. The van der Waals surface area contributed by atoms with Gasteiger partial charge in [0.2, 0.25) is 0 Å². The Morgan fingerprint density at radius 3 is 2.73 bits per heavy atom. The van der Waals surface area contributed by atoms with Gasteiger partial charge in [0.1, 0.15) is 11.3 Å². The Morgan fingerprint density at radius 1 is 1.17 bits per heavy atom. The average Bonchev–Trinajstić information content (AvgIpc) is 3.16. The van der Waals surface area contributed by atoms with Gasteiger partial charge in [0, 0.05) is 18.3 Å². The standard InChI is InChI=1S/C19H18BN7O3/c1-11-8-16(22-10-12-4-2-5-13(9-12)20(29)30)24-19(23-11)27-15-7-3-6-14(18(21)28)17(15)25-26-27/h2-9,29-30H,10H2,1H3,(H2,21,28)(H,22,23,24). The lowest BCUT2D eigenvalue weighted by Crippen LogP contribution is -2.30. The van der Waals surface area contributed by atoms with E-state index < -0.39 is 13.0 Å². The van der Waals surface area contributed by atoms with Crippen molar-refractivity contribution in [3.05, 3.63) is 65.4 Å². The molecule has 0 fully saturated rings. The molecule has 2 heterocycles. The Balaban J connectivity index is 1.64. The third kappa shape index (κ3) is 3.84. The zero-order chi connectivity index (χ0) is 21.3. The average molecular weight is 403 g/mol. The largest absolute Gasteiger partial charge is 0.488 e. The summed E-state index contributed by atoms with van der Waals surface area (Å²) in [7, 11) is -1.52. The molecular formula is C19H18BN7O3. The Morgan fingerprint density at radius 2 is 1.97 bits per heavy atom. The minimum atomic E-state index is -1.52. The molecule has 0 aliphatic carbocycles. The van der Waals surface area contributed by atoms with E-state index in [1.807, 2.05) is 13.0 Å². The van der Waals surface area contributed by atoms with E-state index >= 15 is 0 Å². The van der Waals surface area contributed by atoms with E-state index in [0.717, 1.165) is 5.56 Å². The zero-order valence-corrected chi connectivity index (χ0v) is 16.0. The summed E-state index contributed by atoms with van der Waals surface area (Å²) in [4.78, 5) is 20.5. The highest BCUT2D eigenvalue weighted by Crippen LogP contribution is 2.19. The van der Waals surface area contributed by atoms with Crippen LogP contribution in [-0.4, -0.2) is 48.0 Å². The molecule has 2 aromatic heterocycles. The van der Waals surface area contributed by atoms with Crippen molar-refractivity contribution >= 4 is 35.3 Å². The molecule has 4 aromatic rings. The van der Waals surface area contributed by atoms with Crippen LogP contribution in [0.4, 0.5) is 5.82 Å². The zero-order valence-electron chi connectivity index (χ0n) is 16.0. The number of benzene rings is 2. The molecule has 4 rings (SSSR count). The van der Waals surface area contributed by atoms with Crippen LogP contribution < -0.4 is 16.5 Å². The lowest BCUT2D eigenvalue weighted by Gasteiger charge is -2.10. The van der Waals surface area contributed by atoms with Crippen LogP contribution in [0.3, 0.4) is 0 Å². The van der Waals surface area contributed by atoms with Gasteiger partial charge in [-0.15, -0.1) is 5.10 Å². The first-order chi connectivity index (χ1) is 14.4. The second-order valence-electron chi connectivity index (χ2n) is 6.71. The van der Waals surface area contributed by atoms with Crippen molar-refractivity contribution in [1.82, 2.24) is 25.0 Å². The Kier molecular flexibility index (Phi) is 5.13. The van der Waals surface area contributed by atoms with Gasteiger partial charge in [-0.2, -0.15) is 9.67 Å². The van der Waals surface area contributed by atoms with E-state index in [1.54, 1.807) is 42.5 Å². The van der Waals surface area contributed by atoms with Crippen LogP contribution in [0.15, 0.2) is 48.5 Å². The number of primary amides is 1. The fourth-order valence-corrected chi connectivity index (χ4v) is 3.09. The lowest BCUT2D eigenvalue weighted by atomic mass is 9.80. The number of aryl methyl sites for hydroxylation is 1. The van der Waals surface area contributed by atoms with Crippen LogP contribution in [0.25, 0.3) is 17.0 Å². The first-order valence-electron chi connectivity index (χ1n) is 9.11. The number of amides is 1. The number of nitrogens with zero attached hydrogens (tertiary/aromatic N) is 5. The summed E-state index contributed by atoms with van der Waals surface area (Å²) in [6.07, 6.45) is 0. The highest BCUT2D eigenvalue weighted by molar-refractivity contribution is 6.58. The molecule has 0 radical (unpaired) electrons. The molecule has 1 amide bonds. The van der Waals surface area contributed by atoms with Crippen molar-refractivity contribution in [2.75, 3.05) is 5.32 Å². The summed E-state index contributed by atoms with van der Waals surface area (Å²) in [5.41, 5.74) is 8.60. The molecule has 30 heavy (non-hydrogen) atoms. The summed E-state index contributed by atoms with van der Waals surface area (Å²) in [5.74, 6) is 0.263. The van der Waals surface area contributed by atoms with Crippen LogP contribution in [-0.2, 0) is 6.54 Å². The first-order valence-corrected chi connectivity index (χ1v) is 9.11. The third-order valence-corrected chi connectivity index (χ3v) is 4.50. The lowest BCUT2D eigenvalue weighted by molar-refractivity contribution is 0.100. The Labute approximate surface area is 171 Å². The number of fused-ring (bicyclic) bond motifs is 1. The number of carbonyl (C=O) groups excluding carboxylic acids is 1. The second kappa shape index (κ2) is 7.89. The molecule has 10 nitrogen and oxygen atoms in total. The summed E-state index contributed by atoms with van der Waals surface area (Å²) >= 11 is 0. The number of aromatic nitrogens is 5. The van der Waals surface area contributed by atoms with E-state index in [-0.39, 0.29) is 5.56 Å². The molecule has 0 unspecified atom stereocenters. The SMILES string of the molecule is Cc1cc(NCc2cccc(B(O)O)c2)nc(-n2nnc3c(C(N)=O)cccc32)n1. The first kappa shape index (κ1) is 19.5. The Bertz CT molecular complexity index is 1240. The van der Waals surface area contributed by atoms with Gasteiger partial charge in [-0.25, -0.2) is 4.98 Å². The molecule has 0 saturated carbocycles. The molecular weight excluding hydrogens is 385 g/mol. The van der Waals surface area contributed by atoms with Gasteiger partial charge in [0.15, 0.2) is 0 Å². The van der Waals surface area contributed by atoms with Gasteiger partial charge in [-0.05, 0) is 30.1 Å². The van der Waals surface area contributed by atoms with Crippen molar-refractivity contribution in [2.45, 2.75) is 13.5 Å².